The molecule has 1 aromatic heterocycles. The number of carbonyl (C=O) groups excluding carboxylic acids is 2. The molecule has 0 aliphatic heterocycles. The normalized spacial score (nSPS) is 10.9. The first-order chi connectivity index (χ1) is 14.4. The lowest BCUT2D eigenvalue weighted by molar-refractivity contribution is -0.111. The van der Waals surface area contributed by atoms with Crippen LogP contribution in [0.5, 0.6) is 0 Å². The van der Waals surface area contributed by atoms with Gasteiger partial charge < -0.3 is 10.1 Å². The first-order valence-corrected chi connectivity index (χ1v) is 10.4. The summed E-state index contributed by atoms with van der Waals surface area (Å²) in [5.74, 6) is -1.57. The summed E-state index contributed by atoms with van der Waals surface area (Å²) in [6.07, 6.45) is 2.47. The van der Waals surface area contributed by atoms with Crippen molar-refractivity contribution < 1.29 is 18.7 Å². The number of carbonyl (C=O) groups is 2. The molecule has 1 N–H and O–H groups in total. The minimum Gasteiger partial charge on any atom is -0.462 e. The molecule has 0 aliphatic rings. The fraction of sp³-hybridized carbons (Fsp3) is 0.130. The third-order valence-electron chi connectivity index (χ3n) is 4.27. The van der Waals surface area contributed by atoms with E-state index in [9.17, 15) is 14.0 Å². The number of thiophene rings is 1. The van der Waals surface area contributed by atoms with E-state index in [4.69, 9.17) is 16.3 Å². The zero-order valence-electron chi connectivity index (χ0n) is 16.4. The molecule has 3 aromatic rings. The quantitative estimate of drug-likeness (QED) is 0.357. The van der Waals surface area contributed by atoms with Gasteiger partial charge in [-0.25, -0.2) is 9.18 Å². The lowest BCUT2D eigenvalue weighted by Gasteiger charge is -2.08. The number of anilines is 1. The van der Waals surface area contributed by atoms with Crippen LogP contribution in [0.3, 0.4) is 0 Å². The molecule has 2 aromatic carbocycles. The smallest absolute Gasteiger partial charge is 0.341 e. The van der Waals surface area contributed by atoms with Crippen molar-refractivity contribution in [1.82, 2.24) is 0 Å². The van der Waals surface area contributed by atoms with Crippen molar-refractivity contribution in [2.24, 2.45) is 0 Å². The third kappa shape index (κ3) is 4.96. The molecule has 1 amide bonds. The molecule has 0 spiro atoms. The predicted molar refractivity (Wildman–Crippen MR) is 120 cm³/mol. The van der Waals surface area contributed by atoms with Crippen LogP contribution in [0.4, 0.5) is 9.39 Å². The van der Waals surface area contributed by atoms with Gasteiger partial charge in [0.25, 0.3) is 0 Å². The van der Waals surface area contributed by atoms with E-state index in [0.29, 0.717) is 10.6 Å². The monoisotopic (exact) mass is 443 g/mol. The van der Waals surface area contributed by atoms with E-state index in [1.807, 2.05) is 31.2 Å². The van der Waals surface area contributed by atoms with Crippen LogP contribution >= 0.6 is 22.9 Å². The Morgan fingerprint density at radius 2 is 1.93 bits per heavy atom. The zero-order valence-corrected chi connectivity index (χ0v) is 17.9. The van der Waals surface area contributed by atoms with Crippen molar-refractivity contribution in [2.45, 2.75) is 13.8 Å². The van der Waals surface area contributed by atoms with Crippen molar-refractivity contribution in [3.63, 3.8) is 0 Å². The van der Waals surface area contributed by atoms with Gasteiger partial charge in [-0.15, -0.1) is 11.3 Å². The van der Waals surface area contributed by atoms with Gasteiger partial charge >= 0.3 is 5.97 Å². The van der Waals surface area contributed by atoms with Gasteiger partial charge in [-0.05, 0) is 37.6 Å². The number of hydrogen-bond donors (Lipinski definition) is 1. The summed E-state index contributed by atoms with van der Waals surface area (Å²) in [6.45, 7) is 3.90. The molecule has 30 heavy (non-hydrogen) atoms. The number of amides is 1. The minimum absolute atomic E-state index is 0.117. The molecule has 7 heteroatoms. The highest BCUT2D eigenvalue weighted by Gasteiger charge is 2.22. The summed E-state index contributed by atoms with van der Waals surface area (Å²) in [5, 5.41) is 5.04. The maximum Gasteiger partial charge on any atom is 0.341 e. The van der Waals surface area contributed by atoms with Gasteiger partial charge in [-0.2, -0.15) is 0 Å². The molecular weight excluding hydrogens is 425 g/mol. The Morgan fingerprint density at radius 1 is 1.20 bits per heavy atom. The number of benzene rings is 2. The van der Waals surface area contributed by atoms with Crippen LogP contribution in [0, 0.1) is 12.7 Å². The second-order valence-electron chi connectivity index (χ2n) is 6.40. The molecule has 0 saturated heterocycles. The Morgan fingerprint density at radius 3 is 2.60 bits per heavy atom. The number of hydrogen-bond acceptors (Lipinski definition) is 4. The second kappa shape index (κ2) is 9.69. The van der Waals surface area contributed by atoms with Crippen LogP contribution in [0.25, 0.3) is 17.2 Å². The van der Waals surface area contributed by atoms with E-state index >= 15 is 0 Å². The van der Waals surface area contributed by atoms with Crippen LogP contribution in [0.2, 0.25) is 5.02 Å². The molecule has 3 rings (SSSR count). The van der Waals surface area contributed by atoms with Crippen LogP contribution in [0.1, 0.15) is 28.4 Å². The standard InChI is InChI=1S/C23H19ClFNO3S/c1-3-29-23(28)21-17(15-9-7-14(2)8-10-15)13-30-22(21)26-20(27)12-11-16-18(24)5-4-6-19(16)25/h4-13H,3H2,1-2H3,(H,26,27)/b12-11+. The van der Waals surface area contributed by atoms with Gasteiger partial charge in [0, 0.05) is 22.6 Å². The number of nitrogens with one attached hydrogen (secondary N) is 1. The summed E-state index contributed by atoms with van der Waals surface area (Å²) in [4.78, 5) is 25.0. The maximum atomic E-state index is 13.9. The molecule has 154 valence electrons. The molecule has 0 unspecified atom stereocenters. The summed E-state index contributed by atoms with van der Waals surface area (Å²) in [7, 11) is 0. The first-order valence-electron chi connectivity index (χ1n) is 9.19. The Kier molecular flexibility index (Phi) is 7.03. The van der Waals surface area contributed by atoms with Crippen molar-refractivity contribution >= 4 is 45.9 Å². The minimum atomic E-state index is -0.531. The lowest BCUT2D eigenvalue weighted by atomic mass is 10.0. The van der Waals surface area contributed by atoms with E-state index in [1.54, 1.807) is 12.3 Å². The molecular formula is C23H19ClFNO3S. The molecule has 0 atom stereocenters. The molecule has 0 bridgehead atoms. The topological polar surface area (TPSA) is 55.4 Å². The van der Waals surface area contributed by atoms with E-state index in [0.717, 1.165) is 11.1 Å². The molecule has 0 saturated carbocycles. The number of ether oxygens (including phenoxy) is 1. The second-order valence-corrected chi connectivity index (χ2v) is 7.68. The largest absolute Gasteiger partial charge is 0.462 e. The highest BCUT2D eigenvalue weighted by Crippen LogP contribution is 2.36. The Bertz CT molecular complexity index is 1090. The molecule has 0 fully saturated rings. The summed E-state index contributed by atoms with van der Waals surface area (Å²) in [6, 6.07) is 12.0. The lowest BCUT2D eigenvalue weighted by Crippen LogP contribution is -2.12. The predicted octanol–water partition coefficient (Wildman–Crippen LogP) is 6.34. The van der Waals surface area contributed by atoms with Gasteiger partial charge in [-0.3, -0.25) is 4.79 Å². The average Bonchev–Trinajstić information content (AvgIpc) is 3.12. The highest BCUT2D eigenvalue weighted by molar-refractivity contribution is 7.15. The fourth-order valence-electron chi connectivity index (χ4n) is 2.78. The van der Waals surface area contributed by atoms with Gasteiger partial charge in [0.2, 0.25) is 5.91 Å². The van der Waals surface area contributed by atoms with E-state index in [-0.39, 0.29) is 22.8 Å². The zero-order chi connectivity index (χ0) is 21.7. The van der Waals surface area contributed by atoms with Crippen molar-refractivity contribution in [1.29, 1.82) is 0 Å². The highest BCUT2D eigenvalue weighted by atomic mass is 35.5. The van der Waals surface area contributed by atoms with Crippen molar-refractivity contribution in [3.8, 4) is 11.1 Å². The van der Waals surface area contributed by atoms with Gasteiger partial charge in [0.15, 0.2) is 0 Å². The molecule has 4 nitrogen and oxygen atoms in total. The van der Waals surface area contributed by atoms with Crippen molar-refractivity contribution in [3.05, 3.63) is 81.5 Å². The number of esters is 1. The number of rotatable bonds is 6. The first kappa shape index (κ1) is 21.7. The summed E-state index contributed by atoms with van der Waals surface area (Å²) in [5.41, 5.74) is 3.02. The van der Waals surface area contributed by atoms with Crippen LogP contribution < -0.4 is 5.32 Å². The Labute approximate surface area is 183 Å². The average molecular weight is 444 g/mol. The van der Waals surface area contributed by atoms with Crippen LogP contribution in [0.15, 0.2) is 53.9 Å². The van der Waals surface area contributed by atoms with E-state index in [1.165, 1.54) is 41.7 Å². The maximum absolute atomic E-state index is 13.9. The van der Waals surface area contributed by atoms with E-state index in [2.05, 4.69) is 5.32 Å². The van der Waals surface area contributed by atoms with Crippen LogP contribution in [-0.4, -0.2) is 18.5 Å². The van der Waals surface area contributed by atoms with Crippen molar-refractivity contribution in [2.75, 3.05) is 11.9 Å². The number of halogens is 2. The SMILES string of the molecule is CCOC(=O)c1c(-c2ccc(C)cc2)csc1NC(=O)/C=C/c1c(F)cccc1Cl. The van der Waals surface area contributed by atoms with Gasteiger partial charge in [0.1, 0.15) is 16.4 Å². The van der Waals surface area contributed by atoms with Crippen LogP contribution in [-0.2, 0) is 9.53 Å². The van der Waals surface area contributed by atoms with Gasteiger partial charge in [-0.1, -0.05) is 47.5 Å². The molecule has 0 radical (unpaired) electrons. The molecule has 1 heterocycles. The van der Waals surface area contributed by atoms with E-state index < -0.39 is 17.7 Å². The Balaban J connectivity index is 1.90. The fourth-order valence-corrected chi connectivity index (χ4v) is 3.97. The Hall–Kier alpha value is -2.96. The molecule has 0 aliphatic carbocycles. The van der Waals surface area contributed by atoms with Gasteiger partial charge in [0.05, 0.1) is 11.6 Å². The third-order valence-corrected chi connectivity index (χ3v) is 5.50. The number of aryl methyl sites for hydroxylation is 1. The summed E-state index contributed by atoms with van der Waals surface area (Å²) >= 11 is 7.19. The summed E-state index contributed by atoms with van der Waals surface area (Å²) < 4.78 is 19.1.